The van der Waals surface area contributed by atoms with Crippen LogP contribution in [-0.4, -0.2) is 10.7 Å². The molecule has 0 spiro atoms. The highest BCUT2D eigenvalue weighted by Gasteiger charge is 2.21. The summed E-state index contributed by atoms with van der Waals surface area (Å²) >= 11 is 3.81. The normalized spacial score (nSPS) is 24.9. The number of nitrogens with two attached hydrogens (primary N) is 1. The number of rotatable bonds is 2. The van der Waals surface area contributed by atoms with E-state index in [1.807, 2.05) is 24.9 Å². The SMILES string of the molecule is CC(N)c1cnc(C2CCCS2)s1. The molecule has 0 aromatic carbocycles. The molecule has 13 heavy (non-hydrogen) atoms. The number of hydrogen-bond acceptors (Lipinski definition) is 4. The zero-order valence-electron chi connectivity index (χ0n) is 7.69. The average molecular weight is 214 g/mol. The van der Waals surface area contributed by atoms with Crippen LogP contribution in [0.2, 0.25) is 0 Å². The van der Waals surface area contributed by atoms with Gasteiger partial charge in [-0.15, -0.1) is 11.3 Å². The minimum Gasteiger partial charge on any atom is -0.323 e. The average Bonchev–Trinajstić information content (AvgIpc) is 2.75. The van der Waals surface area contributed by atoms with Crippen molar-refractivity contribution in [2.75, 3.05) is 5.75 Å². The lowest BCUT2D eigenvalue weighted by atomic mass is 10.3. The van der Waals surface area contributed by atoms with Crippen molar-refractivity contribution < 1.29 is 0 Å². The Balaban J connectivity index is 2.12. The highest BCUT2D eigenvalue weighted by atomic mass is 32.2. The molecule has 4 heteroatoms. The minimum atomic E-state index is 0.137. The van der Waals surface area contributed by atoms with E-state index in [1.54, 1.807) is 11.3 Å². The lowest BCUT2D eigenvalue weighted by Crippen LogP contribution is -2.01. The Morgan fingerprint density at radius 3 is 3.08 bits per heavy atom. The highest BCUT2D eigenvalue weighted by Crippen LogP contribution is 2.41. The minimum absolute atomic E-state index is 0.137. The second kappa shape index (κ2) is 3.98. The van der Waals surface area contributed by atoms with Crippen LogP contribution in [0.25, 0.3) is 0 Å². The molecule has 0 amide bonds. The summed E-state index contributed by atoms with van der Waals surface area (Å²) in [6, 6.07) is 0.137. The Kier molecular flexibility index (Phi) is 2.91. The smallest absolute Gasteiger partial charge is 0.106 e. The molecule has 2 unspecified atom stereocenters. The van der Waals surface area contributed by atoms with Gasteiger partial charge in [0.05, 0.1) is 5.25 Å². The number of hydrogen-bond donors (Lipinski definition) is 1. The van der Waals surface area contributed by atoms with Gasteiger partial charge in [-0.25, -0.2) is 4.98 Å². The van der Waals surface area contributed by atoms with Crippen LogP contribution < -0.4 is 5.73 Å². The predicted octanol–water partition coefficient (Wildman–Crippen LogP) is 2.73. The molecule has 1 aromatic heterocycles. The van der Waals surface area contributed by atoms with Crippen LogP contribution in [0.5, 0.6) is 0 Å². The molecule has 0 saturated carbocycles. The topological polar surface area (TPSA) is 38.9 Å². The van der Waals surface area contributed by atoms with Crippen LogP contribution in [0.1, 0.15) is 40.9 Å². The Bertz CT molecular complexity index is 277. The van der Waals surface area contributed by atoms with E-state index in [2.05, 4.69) is 4.98 Å². The molecule has 2 nitrogen and oxygen atoms in total. The second-order valence-corrected chi connectivity index (χ2v) is 5.80. The largest absolute Gasteiger partial charge is 0.323 e. The van der Waals surface area contributed by atoms with Gasteiger partial charge >= 0.3 is 0 Å². The second-order valence-electron chi connectivity index (χ2n) is 3.39. The Morgan fingerprint density at radius 2 is 2.54 bits per heavy atom. The van der Waals surface area contributed by atoms with Crippen LogP contribution in [-0.2, 0) is 0 Å². The molecule has 1 aliphatic rings. The van der Waals surface area contributed by atoms with Crippen molar-refractivity contribution in [3.05, 3.63) is 16.1 Å². The lowest BCUT2D eigenvalue weighted by molar-refractivity contribution is 0.820. The predicted molar refractivity (Wildman–Crippen MR) is 59.1 cm³/mol. The zero-order chi connectivity index (χ0) is 9.26. The maximum Gasteiger partial charge on any atom is 0.106 e. The van der Waals surface area contributed by atoms with Crippen molar-refractivity contribution in [1.29, 1.82) is 0 Å². The van der Waals surface area contributed by atoms with Gasteiger partial charge < -0.3 is 5.73 Å². The van der Waals surface area contributed by atoms with Gasteiger partial charge in [0.1, 0.15) is 5.01 Å². The molecular formula is C9H14N2S2. The fourth-order valence-corrected chi connectivity index (χ4v) is 3.82. The van der Waals surface area contributed by atoms with Crippen LogP contribution in [0, 0.1) is 0 Å². The Morgan fingerprint density at radius 1 is 1.69 bits per heavy atom. The molecular weight excluding hydrogens is 200 g/mol. The van der Waals surface area contributed by atoms with Crippen molar-refractivity contribution in [2.45, 2.75) is 31.1 Å². The summed E-state index contributed by atoms with van der Waals surface area (Å²) in [5, 5.41) is 1.92. The van der Waals surface area contributed by atoms with Gasteiger partial charge in [0, 0.05) is 17.1 Å². The van der Waals surface area contributed by atoms with Gasteiger partial charge in [-0.1, -0.05) is 0 Å². The maximum absolute atomic E-state index is 5.79. The van der Waals surface area contributed by atoms with Crippen LogP contribution in [0.3, 0.4) is 0 Å². The van der Waals surface area contributed by atoms with E-state index < -0.39 is 0 Å². The number of thiazole rings is 1. The summed E-state index contributed by atoms with van der Waals surface area (Å²) in [5.41, 5.74) is 5.79. The fraction of sp³-hybridized carbons (Fsp3) is 0.667. The van der Waals surface area contributed by atoms with Gasteiger partial charge in [0.2, 0.25) is 0 Å². The van der Waals surface area contributed by atoms with E-state index in [4.69, 9.17) is 5.73 Å². The van der Waals surface area contributed by atoms with Gasteiger partial charge in [0.15, 0.2) is 0 Å². The summed E-state index contributed by atoms with van der Waals surface area (Å²) in [5.74, 6) is 1.29. The molecule has 0 bridgehead atoms. The first-order valence-electron chi connectivity index (χ1n) is 4.60. The van der Waals surface area contributed by atoms with E-state index in [0.29, 0.717) is 5.25 Å². The van der Waals surface area contributed by atoms with E-state index in [9.17, 15) is 0 Å². The third-order valence-corrected chi connectivity index (χ3v) is 5.04. The Labute approximate surface area is 86.9 Å². The molecule has 2 N–H and O–H groups in total. The first kappa shape index (κ1) is 9.49. The molecule has 0 aliphatic carbocycles. The highest BCUT2D eigenvalue weighted by molar-refractivity contribution is 7.99. The molecule has 72 valence electrons. The van der Waals surface area contributed by atoms with E-state index >= 15 is 0 Å². The van der Waals surface area contributed by atoms with Gasteiger partial charge in [-0.2, -0.15) is 11.8 Å². The molecule has 1 aliphatic heterocycles. The zero-order valence-corrected chi connectivity index (χ0v) is 9.33. The summed E-state index contributed by atoms with van der Waals surface area (Å²) in [4.78, 5) is 5.65. The van der Waals surface area contributed by atoms with Crippen LogP contribution in [0.15, 0.2) is 6.20 Å². The van der Waals surface area contributed by atoms with E-state index in [0.717, 1.165) is 0 Å². The van der Waals surface area contributed by atoms with Crippen LogP contribution >= 0.6 is 23.1 Å². The number of thioether (sulfide) groups is 1. The molecule has 1 saturated heterocycles. The molecule has 2 atom stereocenters. The summed E-state index contributed by atoms with van der Waals surface area (Å²) in [6.07, 6.45) is 4.56. The quantitative estimate of drug-likeness (QED) is 0.822. The Hall–Kier alpha value is -0.0600. The number of aromatic nitrogens is 1. The van der Waals surface area contributed by atoms with E-state index in [1.165, 1.54) is 28.5 Å². The standard InChI is InChI=1S/C9H14N2S2/c1-6(10)8-5-11-9(13-8)7-3-2-4-12-7/h5-7H,2-4,10H2,1H3. The molecule has 1 aromatic rings. The third kappa shape index (κ3) is 2.06. The summed E-state index contributed by atoms with van der Waals surface area (Å²) in [6.45, 7) is 2.01. The van der Waals surface area contributed by atoms with Crippen molar-refractivity contribution in [1.82, 2.24) is 4.98 Å². The molecule has 0 radical (unpaired) electrons. The van der Waals surface area contributed by atoms with Crippen LogP contribution in [0.4, 0.5) is 0 Å². The summed E-state index contributed by atoms with van der Waals surface area (Å²) in [7, 11) is 0. The summed E-state index contributed by atoms with van der Waals surface area (Å²) < 4.78 is 0. The van der Waals surface area contributed by atoms with Crippen molar-refractivity contribution in [3.63, 3.8) is 0 Å². The van der Waals surface area contributed by atoms with Crippen molar-refractivity contribution >= 4 is 23.1 Å². The fourth-order valence-electron chi connectivity index (χ4n) is 1.43. The molecule has 1 fully saturated rings. The van der Waals surface area contributed by atoms with Crippen molar-refractivity contribution in [3.8, 4) is 0 Å². The third-order valence-electron chi connectivity index (χ3n) is 2.20. The lowest BCUT2D eigenvalue weighted by Gasteiger charge is -2.02. The maximum atomic E-state index is 5.79. The van der Waals surface area contributed by atoms with Gasteiger partial charge in [-0.3, -0.25) is 0 Å². The first-order chi connectivity index (χ1) is 6.27. The first-order valence-corrected chi connectivity index (χ1v) is 6.46. The van der Waals surface area contributed by atoms with Gasteiger partial charge in [0.25, 0.3) is 0 Å². The molecule has 2 heterocycles. The monoisotopic (exact) mass is 214 g/mol. The van der Waals surface area contributed by atoms with E-state index in [-0.39, 0.29) is 6.04 Å². The van der Waals surface area contributed by atoms with Crippen molar-refractivity contribution in [2.24, 2.45) is 5.73 Å². The molecule has 2 rings (SSSR count). The number of nitrogens with zero attached hydrogens (tertiary/aromatic N) is 1. The van der Waals surface area contributed by atoms with Gasteiger partial charge in [-0.05, 0) is 25.5 Å².